The highest BCUT2D eigenvalue weighted by Gasteiger charge is 2.18. The number of carbonyl (C=O) groups is 1. The van der Waals surface area contributed by atoms with Crippen molar-refractivity contribution in [3.05, 3.63) is 59.2 Å². The minimum absolute atomic E-state index is 0.469. The largest absolute Gasteiger partial charge is 0.277 e. The van der Waals surface area contributed by atoms with Crippen LogP contribution in [-0.2, 0) is 6.42 Å². The molecule has 2 aromatic rings. The molecule has 0 atom stereocenters. The van der Waals surface area contributed by atoms with Crippen molar-refractivity contribution in [2.75, 3.05) is 0 Å². The second kappa shape index (κ2) is 3.57. The summed E-state index contributed by atoms with van der Waals surface area (Å²) in [4.78, 5) is 11.3. The van der Waals surface area contributed by atoms with Crippen LogP contribution in [0.25, 0.3) is 11.1 Å². The molecule has 2 heteroatoms. The van der Waals surface area contributed by atoms with Crippen LogP contribution < -0.4 is 0 Å². The lowest BCUT2D eigenvalue weighted by atomic mass is 10.0. The number of nitriles is 1. The molecule has 0 fully saturated rings. The smallest absolute Gasteiger partial charge is 0.262 e. The summed E-state index contributed by atoms with van der Waals surface area (Å²) in [5.74, 6) is -0.469. The number of Topliss-reactive ketones (excluding diaryl/α,β-unsaturated/α-hetero) is 1. The molecule has 0 aliphatic heterocycles. The maximum Gasteiger partial charge on any atom is 0.262 e. The van der Waals surface area contributed by atoms with Gasteiger partial charge in [-0.25, -0.2) is 0 Å². The van der Waals surface area contributed by atoms with E-state index in [2.05, 4.69) is 12.1 Å². The number of nitrogens with zero attached hydrogens (tertiary/aromatic N) is 1. The molecule has 2 nitrogen and oxygen atoms in total. The lowest BCUT2D eigenvalue weighted by Crippen LogP contribution is -1.95. The molecule has 80 valence electrons. The second-order valence-corrected chi connectivity index (χ2v) is 4.15. The van der Waals surface area contributed by atoms with Crippen LogP contribution in [0.3, 0.4) is 0 Å². The van der Waals surface area contributed by atoms with Crippen molar-refractivity contribution >= 4 is 5.78 Å². The van der Waals surface area contributed by atoms with E-state index < -0.39 is 5.78 Å². The fraction of sp³-hybridized carbons (Fsp3) is 0.0667. The average Bonchev–Trinajstić information content (AvgIpc) is 2.75. The van der Waals surface area contributed by atoms with E-state index in [9.17, 15) is 4.79 Å². The van der Waals surface area contributed by atoms with Crippen molar-refractivity contribution in [1.29, 1.82) is 5.26 Å². The quantitative estimate of drug-likeness (QED) is 0.466. The maximum absolute atomic E-state index is 11.3. The minimum Gasteiger partial charge on any atom is -0.277 e. The first-order valence-corrected chi connectivity index (χ1v) is 5.45. The second-order valence-electron chi connectivity index (χ2n) is 4.15. The molecule has 2 aromatic carbocycles. The van der Waals surface area contributed by atoms with Gasteiger partial charge in [0.05, 0.1) is 0 Å². The molecule has 1 aliphatic carbocycles. The molecule has 0 N–H and O–H groups in total. The van der Waals surface area contributed by atoms with E-state index in [-0.39, 0.29) is 0 Å². The summed E-state index contributed by atoms with van der Waals surface area (Å²) in [6.45, 7) is 0. The minimum atomic E-state index is -0.469. The summed E-state index contributed by atoms with van der Waals surface area (Å²) in [5.41, 5.74) is 5.31. The van der Waals surface area contributed by atoms with Gasteiger partial charge in [0.1, 0.15) is 6.07 Å². The highest BCUT2D eigenvalue weighted by atomic mass is 16.1. The zero-order chi connectivity index (χ0) is 11.8. The van der Waals surface area contributed by atoms with Crippen LogP contribution in [0.4, 0.5) is 0 Å². The highest BCUT2D eigenvalue weighted by molar-refractivity contribution is 6.08. The lowest BCUT2D eigenvalue weighted by molar-refractivity contribution is 0.105. The number of carbonyl (C=O) groups excluding carboxylic acids is 1. The lowest BCUT2D eigenvalue weighted by Gasteiger charge is -2.01. The van der Waals surface area contributed by atoms with Crippen molar-refractivity contribution in [2.45, 2.75) is 6.42 Å². The Morgan fingerprint density at radius 3 is 2.65 bits per heavy atom. The Labute approximate surface area is 99.1 Å². The average molecular weight is 219 g/mol. The Balaban J connectivity index is 2.14. The van der Waals surface area contributed by atoms with Crippen LogP contribution in [-0.4, -0.2) is 5.78 Å². The third-order valence-electron chi connectivity index (χ3n) is 3.16. The van der Waals surface area contributed by atoms with Gasteiger partial charge in [-0.2, -0.15) is 5.26 Å². The van der Waals surface area contributed by atoms with E-state index in [1.807, 2.05) is 24.3 Å². The molecular formula is C15H9NO. The standard InChI is InChI=1S/C15H9NO/c16-9-15(17)11-5-6-14-12(8-11)7-10-3-1-2-4-13(10)14/h1-6,8H,7H2. The number of hydrogen-bond acceptors (Lipinski definition) is 2. The first kappa shape index (κ1) is 9.80. The molecule has 0 spiro atoms. The van der Waals surface area contributed by atoms with Crippen molar-refractivity contribution in [2.24, 2.45) is 0 Å². The van der Waals surface area contributed by atoms with Crippen LogP contribution in [0.1, 0.15) is 21.5 Å². The third-order valence-corrected chi connectivity index (χ3v) is 3.16. The SMILES string of the molecule is N#CC(=O)c1ccc2c(c1)Cc1ccccc1-2. The molecule has 1 aliphatic rings. The Morgan fingerprint density at radius 2 is 1.82 bits per heavy atom. The molecule has 0 bridgehead atoms. The molecule has 17 heavy (non-hydrogen) atoms. The fourth-order valence-electron chi connectivity index (χ4n) is 2.35. The zero-order valence-electron chi connectivity index (χ0n) is 9.10. The Hall–Kier alpha value is -2.40. The molecule has 0 saturated heterocycles. The normalized spacial score (nSPS) is 11.5. The van der Waals surface area contributed by atoms with Gasteiger partial charge >= 0.3 is 0 Å². The molecule has 0 radical (unpaired) electrons. The molecule has 0 aromatic heterocycles. The van der Waals surface area contributed by atoms with E-state index in [1.165, 1.54) is 16.7 Å². The molecule has 0 unspecified atom stereocenters. The Morgan fingerprint density at radius 1 is 1.06 bits per heavy atom. The van der Waals surface area contributed by atoms with Gasteiger partial charge in [0.25, 0.3) is 5.78 Å². The third kappa shape index (κ3) is 1.44. The van der Waals surface area contributed by atoms with Gasteiger partial charge < -0.3 is 0 Å². The van der Waals surface area contributed by atoms with E-state index in [0.717, 1.165) is 12.0 Å². The summed E-state index contributed by atoms with van der Waals surface area (Å²) in [5, 5.41) is 8.61. The highest BCUT2D eigenvalue weighted by Crippen LogP contribution is 2.36. The first-order valence-electron chi connectivity index (χ1n) is 5.45. The van der Waals surface area contributed by atoms with Crippen molar-refractivity contribution in [3.63, 3.8) is 0 Å². The van der Waals surface area contributed by atoms with Crippen molar-refractivity contribution in [3.8, 4) is 17.2 Å². The van der Waals surface area contributed by atoms with Crippen molar-refractivity contribution in [1.82, 2.24) is 0 Å². The fourth-order valence-corrected chi connectivity index (χ4v) is 2.35. The number of benzene rings is 2. The van der Waals surface area contributed by atoms with Gasteiger partial charge in [0.15, 0.2) is 0 Å². The topological polar surface area (TPSA) is 40.9 Å². The first-order chi connectivity index (χ1) is 8.29. The van der Waals surface area contributed by atoms with Crippen molar-refractivity contribution < 1.29 is 4.79 Å². The van der Waals surface area contributed by atoms with Gasteiger partial charge in [-0.05, 0) is 40.8 Å². The van der Waals surface area contributed by atoms with Crippen LogP contribution in [0.5, 0.6) is 0 Å². The Kier molecular flexibility index (Phi) is 2.06. The predicted molar refractivity (Wildman–Crippen MR) is 64.6 cm³/mol. The number of ketones is 1. The van der Waals surface area contributed by atoms with Crippen LogP contribution in [0.15, 0.2) is 42.5 Å². The van der Waals surface area contributed by atoms with Gasteiger partial charge in [-0.3, -0.25) is 4.79 Å². The number of hydrogen-bond donors (Lipinski definition) is 0. The van der Waals surface area contributed by atoms with E-state index in [0.29, 0.717) is 5.56 Å². The van der Waals surface area contributed by atoms with Gasteiger partial charge in [0.2, 0.25) is 0 Å². The zero-order valence-corrected chi connectivity index (χ0v) is 9.10. The molecule has 0 saturated carbocycles. The molecular weight excluding hydrogens is 210 g/mol. The van der Waals surface area contributed by atoms with Crippen LogP contribution in [0.2, 0.25) is 0 Å². The molecule has 0 heterocycles. The van der Waals surface area contributed by atoms with E-state index in [1.54, 1.807) is 12.1 Å². The summed E-state index contributed by atoms with van der Waals surface area (Å²) in [7, 11) is 0. The van der Waals surface area contributed by atoms with Crippen LogP contribution >= 0.6 is 0 Å². The number of fused-ring (bicyclic) bond motifs is 3. The summed E-state index contributed by atoms with van der Waals surface area (Å²) in [6.07, 6.45) is 0.845. The Bertz CT molecular complexity index is 665. The summed E-state index contributed by atoms with van der Waals surface area (Å²) >= 11 is 0. The summed E-state index contributed by atoms with van der Waals surface area (Å²) < 4.78 is 0. The van der Waals surface area contributed by atoms with Gasteiger partial charge in [-0.15, -0.1) is 0 Å². The predicted octanol–water partition coefficient (Wildman–Crippen LogP) is 2.96. The van der Waals surface area contributed by atoms with E-state index in [4.69, 9.17) is 5.26 Å². The van der Waals surface area contributed by atoms with Crippen LogP contribution in [0, 0.1) is 11.3 Å². The number of rotatable bonds is 1. The molecule has 0 amide bonds. The monoisotopic (exact) mass is 219 g/mol. The molecule has 3 rings (SSSR count). The van der Waals surface area contributed by atoms with E-state index >= 15 is 0 Å². The van der Waals surface area contributed by atoms with Gasteiger partial charge in [0, 0.05) is 5.56 Å². The maximum atomic E-state index is 11.3. The van der Waals surface area contributed by atoms with Gasteiger partial charge in [-0.1, -0.05) is 30.3 Å². The summed E-state index contributed by atoms with van der Waals surface area (Å²) in [6, 6.07) is 15.4.